The Hall–Kier alpha value is -0.570. The molecule has 0 aromatic rings. The minimum absolute atomic E-state index is 0.259. The molecule has 0 aromatic carbocycles. The number of rotatable bonds is 1. The Kier molecular flexibility index (Phi) is 3.60. The minimum Gasteiger partial charge on any atom is -0.391 e. The lowest BCUT2D eigenvalue weighted by atomic mass is 9.67. The van der Waals surface area contributed by atoms with Crippen molar-refractivity contribution < 1.29 is 9.90 Å². The van der Waals surface area contributed by atoms with Crippen LogP contribution in [-0.4, -0.2) is 35.1 Å². The second-order valence-corrected chi connectivity index (χ2v) is 6.54. The molecule has 0 bridgehead atoms. The van der Waals surface area contributed by atoms with Gasteiger partial charge in [0.25, 0.3) is 0 Å². The molecule has 3 fully saturated rings. The molecule has 4 unspecified atom stereocenters. The predicted octanol–water partition coefficient (Wildman–Crippen LogP) is 2.19. The van der Waals surface area contributed by atoms with Gasteiger partial charge in [-0.25, -0.2) is 0 Å². The molecule has 1 aliphatic heterocycles. The highest BCUT2D eigenvalue weighted by atomic mass is 16.3. The van der Waals surface area contributed by atoms with Crippen molar-refractivity contribution in [3.05, 3.63) is 0 Å². The standard InChI is InChI=1S/C15H25NO2/c17-14-7-8-16(10-14)15(18)13-6-5-11-3-1-2-4-12(11)9-13/h11-14,17H,1-10H2. The predicted molar refractivity (Wildman–Crippen MR) is 70.0 cm³/mol. The van der Waals surface area contributed by atoms with Crippen LogP contribution in [-0.2, 0) is 4.79 Å². The van der Waals surface area contributed by atoms with Crippen LogP contribution < -0.4 is 0 Å². The number of hydrogen-bond acceptors (Lipinski definition) is 2. The van der Waals surface area contributed by atoms with Gasteiger partial charge >= 0.3 is 0 Å². The van der Waals surface area contributed by atoms with E-state index in [1.165, 1.54) is 32.1 Å². The van der Waals surface area contributed by atoms with E-state index in [1.807, 2.05) is 4.90 Å². The van der Waals surface area contributed by atoms with E-state index >= 15 is 0 Å². The summed E-state index contributed by atoms with van der Waals surface area (Å²) in [5.74, 6) is 2.31. The summed E-state index contributed by atoms with van der Waals surface area (Å²) in [6.07, 6.45) is 9.47. The van der Waals surface area contributed by atoms with Crippen LogP contribution in [0.5, 0.6) is 0 Å². The molecule has 102 valence electrons. The average molecular weight is 251 g/mol. The zero-order valence-electron chi connectivity index (χ0n) is 11.2. The highest BCUT2D eigenvalue weighted by Crippen LogP contribution is 2.43. The monoisotopic (exact) mass is 251 g/mol. The van der Waals surface area contributed by atoms with Crippen LogP contribution in [0.1, 0.15) is 51.4 Å². The normalized spacial score (nSPS) is 40.6. The number of β-amino-alcohol motifs (C(OH)–C–C–N with tert-alkyl or cyclic N) is 1. The SMILES string of the molecule is O=C(C1CCC2CCCCC2C1)N1CCC(O)C1. The summed E-state index contributed by atoms with van der Waals surface area (Å²) in [5.41, 5.74) is 0. The summed E-state index contributed by atoms with van der Waals surface area (Å²) < 4.78 is 0. The smallest absolute Gasteiger partial charge is 0.225 e. The average Bonchev–Trinajstić information content (AvgIpc) is 2.84. The van der Waals surface area contributed by atoms with E-state index in [1.54, 1.807) is 0 Å². The van der Waals surface area contributed by atoms with Crippen molar-refractivity contribution in [1.29, 1.82) is 0 Å². The van der Waals surface area contributed by atoms with Gasteiger partial charge in [0, 0.05) is 19.0 Å². The van der Waals surface area contributed by atoms with E-state index in [0.29, 0.717) is 12.5 Å². The molecule has 3 aliphatic rings. The summed E-state index contributed by atoms with van der Waals surface area (Å²) >= 11 is 0. The largest absolute Gasteiger partial charge is 0.391 e. The molecule has 1 N–H and O–H groups in total. The number of amides is 1. The second kappa shape index (κ2) is 5.20. The maximum Gasteiger partial charge on any atom is 0.225 e. The van der Waals surface area contributed by atoms with Gasteiger partial charge in [-0.15, -0.1) is 0 Å². The number of aliphatic hydroxyl groups is 1. The van der Waals surface area contributed by atoms with Crippen LogP contribution in [0.15, 0.2) is 0 Å². The number of likely N-dealkylation sites (tertiary alicyclic amines) is 1. The Morgan fingerprint density at radius 3 is 2.50 bits per heavy atom. The fourth-order valence-corrected chi connectivity index (χ4v) is 4.30. The van der Waals surface area contributed by atoms with Crippen molar-refractivity contribution in [1.82, 2.24) is 4.90 Å². The molecule has 0 radical (unpaired) electrons. The number of hydrogen-bond donors (Lipinski definition) is 1. The molecule has 2 aliphatic carbocycles. The van der Waals surface area contributed by atoms with Crippen LogP contribution in [0.2, 0.25) is 0 Å². The van der Waals surface area contributed by atoms with E-state index in [0.717, 1.165) is 37.6 Å². The van der Waals surface area contributed by atoms with Crippen molar-refractivity contribution in [3.63, 3.8) is 0 Å². The molecule has 3 nitrogen and oxygen atoms in total. The Morgan fingerprint density at radius 2 is 1.78 bits per heavy atom. The zero-order valence-corrected chi connectivity index (χ0v) is 11.2. The third kappa shape index (κ3) is 2.42. The minimum atomic E-state index is -0.278. The van der Waals surface area contributed by atoms with Crippen molar-refractivity contribution in [3.8, 4) is 0 Å². The van der Waals surface area contributed by atoms with E-state index < -0.39 is 0 Å². The number of carbonyl (C=O) groups is 1. The Morgan fingerprint density at radius 1 is 1.00 bits per heavy atom. The van der Waals surface area contributed by atoms with Gasteiger partial charge in [-0.3, -0.25) is 4.79 Å². The Labute approximate surface area is 110 Å². The molecule has 3 rings (SSSR count). The summed E-state index contributed by atoms with van der Waals surface area (Å²) in [6, 6.07) is 0. The highest BCUT2D eigenvalue weighted by Gasteiger charge is 2.37. The molecular formula is C15H25NO2. The highest BCUT2D eigenvalue weighted by molar-refractivity contribution is 5.79. The van der Waals surface area contributed by atoms with Gasteiger partial charge in [-0.2, -0.15) is 0 Å². The van der Waals surface area contributed by atoms with E-state index in [4.69, 9.17) is 0 Å². The molecular weight excluding hydrogens is 226 g/mol. The lowest BCUT2D eigenvalue weighted by Gasteiger charge is -2.39. The first-order valence-corrected chi connectivity index (χ1v) is 7.71. The first-order valence-electron chi connectivity index (χ1n) is 7.71. The number of fused-ring (bicyclic) bond motifs is 1. The topological polar surface area (TPSA) is 40.5 Å². The van der Waals surface area contributed by atoms with E-state index in [-0.39, 0.29) is 12.0 Å². The third-order valence-electron chi connectivity index (χ3n) is 5.36. The maximum absolute atomic E-state index is 12.4. The first kappa shape index (κ1) is 12.5. The summed E-state index contributed by atoms with van der Waals surface area (Å²) in [5, 5.41) is 9.54. The second-order valence-electron chi connectivity index (χ2n) is 6.54. The fourth-order valence-electron chi connectivity index (χ4n) is 4.30. The lowest BCUT2D eigenvalue weighted by molar-refractivity contribution is -0.137. The van der Waals surface area contributed by atoms with Gasteiger partial charge in [0.05, 0.1) is 6.10 Å². The molecule has 1 amide bonds. The molecule has 0 spiro atoms. The molecule has 0 aromatic heterocycles. The first-order chi connectivity index (χ1) is 8.74. The van der Waals surface area contributed by atoms with Crippen LogP contribution in [0.3, 0.4) is 0 Å². The number of carbonyl (C=O) groups excluding carboxylic acids is 1. The molecule has 1 saturated heterocycles. The Balaban J connectivity index is 1.58. The molecule has 18 heavy (non-hydrogen) atoms. The van der Waals surface area contributed by atoms with Crippen LogP contribution in [0.25, 0.3) is 0 Å². The molecule has 2 saturated carbocycles. The Bertz CT molecular complexity index is 318. The van der Waals surface area contributed by atoms with E-state index in [9.17, 15) is 9.90 Å². The molecule has 1 heterocycles. The van der Waals surface area contributed by atoms with Crippen molar-refractivity contribution in [2.24, 2.45) is 17.8 Å². The van der Waals surface area contributed by atoms with Crippen molar-refractivity contribution in [2.75, 3.05) is 13.1 Å². The lowest BCUT2D eigenvalue weighted by Crippen LogP contribution is -2.39. The van der Waals surface area contributed by atoms with Crippen LogP contribution >= 0.6 is 0 Å². The molecule has 3 heteroatoms. The van der Waals surface area contributed by atoms with Gasteiger partial charge in [0.2, 0.25) is 5.91 Å². The number of aliphatic hydroxyl groups excluding tert-OH is 1. The fraction of sp³-hybridized carbons (Fsp3) is 0.933. The summed E-state index contributed by atoms with van der Waals surface area (Å²) in [7, 11) is 0. The summed E-state index contributed by atoms with van der Waals surface area (Å²) in [4.78, 5) is 14.3. The van der Waals surface area contributed by atoms with Gasteiger partial charge in [-0.1, -0.05) is 25.7 Å². The van der Waals surface area contributed by atoms with Crippen molar-refractivity contribution in [2.45, 2.75) is 57.5 Å². The molecule has 4 atom stereocenters. The third-order valence-corrected chi connectivity index (χ3v) is 5.36. The van der Waals surface area contributed by atoms with Gasteiger partial charge in [0.15, 0.2) is 0 Å². The zero-order chi connectivity index (χ0) is 12.5. The van der Waals surface area contributed by atoms with E-state index in [2.05, 4.69) is 0 Å². The van der Waals surface area contributed by atoms with Gasteiger partial charge in [0.1, 0.15) is 0 Å². The maximum atomic E-state index is 12.4. The van der Waals surface area contributed by atoms with Gasteiger partial charge in [-0.05, 0) is 37.5 Å². The quantitative estimate of drug-likeness (QED) is 0.776. The van der Waals surface area contributed by atoms with Crippen molar-refractivity contribution >= 4 is 5.91 Å². The van der Waals surface area contributed by atoms with Gasteiger partial charge < -0.3 is 10.0 Å². The van der Waals surface area contributed by atoms with Crippen LogP contribution in [0, 0.1) is 17.8 Å². The van der Waals surface area contributed by atoms with Crippen LogP contribution in [0.4, 0.5) is 0 Å². The number of nitrogens with zero attached hydrogens (tertiary/aromatic N) is 1. The summed E-state index contributed by atoms with van der Waals surface area (Å²) in [6.45, 7) is 1.34.